The van der Waals surface area contributed by atoms with E-state index in [1.807, 2.05) is 0 Å². The van der Waals surface area contributed by atoms with Crippen LogP contribution in [0.3, 0.4) is 0 Å². The Morgan fingerprint density at radius 1 is 1.00 bits per heavy atom. The van der Waals surface area contributed by atoms with Gasteiger partial charge in [-0.05, 0) is 0 Å². The molecule has 0 spiro atoms. The van der Waals surface area contributed by atoms with Gasteiger partial charge in [-0.25, -0.2) is 0 Å². The van der Waals surface area contributed by atoms with E-state index in [2.05, 4.69) is 9.97 Å². The third-order valence-corrected chi connectivity index (χ3v) is 1.08. The van der Waals surface area contributed by atoms with Crippen molar-refractivity contribution in [1.29, 1.82) is 0 Å². The van der Waals surface area contributed by atoms with Gasteiger partial charge in [-0.15, -0.1) is 0 Å². The Bertz CT molecular complexity index is 313. The zero-order valence-electron chi connectivity index (χ0n) is 7.68. The second-order valence-electron chi connectivity index (χ2n) is 1.83. The van der Waals surface area contributed by atoms with Crippen molar-refractivity contribution in [3.8, 4) is 0 Å². The summed E-state index contributed by atoms with van der Waals surface area (Å²) < 4.78 is 0. The number of hydrogen-bond acceptors (Lipinski definition) is 6. The first-order chi connectivity index (χ1) is 5.63. The first-order valence-electron chi connectivity index (χ1n) is 2.86. The summed E-state index contributed by atoms with van der Waals surface area (Å²) >= 11 is 0. The van der Waals surface area contributed by atoms with Crippen LogP contribution in [0.25, 0.3) is 0 Å². The summed E-state index contributed by atoms with van der Waals surface area (Å²) in [6.45, 7) is 0. The molecular weight excluding hydrogens is 382 g/mol. The van der Waals surface area contributed by atoms with Gasteiger partial charge in [0.15, 0.2) is 0 Å². The summed E-state index contributed by atoms with van der Waals surface area (Å²) in [5.41, 5.74) is -1.45. The normalized spacial score (nSPS) is 8.00. The van der Waals surface area contributed by atoms with Crippen molar-refractivity contribution in [3.05, 3.63) is 23.8 Å². The molecule has 0 aromatic carbocycles. The molecule has 0 saturated heterocycles. The molecule has 1 rings (SSSR count). The van der Waals surface area contributed by atoms with Gasteiger partial charge in [0.1, 0.15) is 11.4 Å². The zero-order valence-corrected chi connectivity index (χ0v) is 18.9. The Hall–Kier alpha value is 1.88. The van der Waals surface area contributed by atoms with Gasteiger partial charge in [0.2, 0.25) is 0 Å². The molecule has 0 atom stereocenters. The van der Waals surface area contributed by atoms with Crippen molar-refractivity contribution in [2.24, 2.45) is 0 Å². The number of nitrogens with zero attached hydrogens (tertiary/aromatic N) is 2. The van der Waals surface area contributed by atoms with Crippen LogP contribution in [0, 0.1) is 0 Å². The van der Waals surface area contributed by atoms with E-state index >= 15 is 0 Å². The molecule has 1 heterocycles. The maximum Gasteiger partial charge on any atom is 1.00 e. The largest absolute Gasteiger partial charge is 1.00 e. The van der Waals surface area contributed by atoms with E-state index < -0.39 is 23.3 Å². The number of hydrogen-bond donors (Lipinski definition) is 0. The van der Waals surface area contributed by atoms with Gasteiger partial charge in [0, 0.05) is 12.4 Å². The molecule has 0 aliphatic carbocycles. The second-order valence-corrected chi connectivity index (χ2v) is 1.83. The third-order valence-electron chi connectivity index (χ3n) is 1.08. The van der Waals surface area contributed by atoms with Crippen molar-refractivity contribution < 1.29 is 147 Å². The monoisotopic (exact) mass is 384 g/mol. The van der Waals surface area contributed by atoms with Crippen molar-refractivity contribution in [1.82, 2.24) is 9.97 Å². The predicted octanol–water partition coefficient (Wildman–Crippen LogP) is -8.79. The van der Waals surface area contributed by atoms with E-state index in [1.54, 1.807) is 0 Å². The zero-order chi connectivity index (χ0) is 9.14. The summed E-state index contributed by atoms with van der Waals surface area (Å²) in [5, 5.41) is 20.4. The topological polar surface area (TPSA) is 106 Å². The SMILES string of the molecule is O=C([O-])c1nccnc1C(=O)[O-].[Cs+].[Rb+]. The van der Waals surface area contributed by atoms with Gasteiger partial charge < -0.3 is 19.8 Å². The number of rotatable bonds is 2. The van der Waals surface area contributed by atoms with Gasteiger partial charge >= 0.3 is 127 Å². The van der Waals surface area contributed by atoms with Crippen molar-refractivity contribution in [3.63, 3.8) is 0 Å². The van der Waals surface area contributed by atoms with E-state index in [1.165, 1.54) is 0 Å². The molecule has 0 radical (unpaired) electrons. The van der Waals surface area contributed by atoms with Gasteiger partial charge in [-0.1, -0.05) is 0 Å². The molecule has 8 heteroatoms. The van der Waals surface area contributed by atoms with Crippen LogP contribution in [-0.4, -0.2) is 21.9 Å². The average Bonchev–Trinajstić information content (AvgIpc) is 2.04. The molecule has 0 fully saturated rings. The van der Waals surface area contributed by atoms with E-state index in [0.29, 0.717) is 0 Å². The van der Waals surface area contributed by atoms with E-state index in [4.69, 9.17) is 0 Å². The molecule has 14 heavy (non-hydrogen) atoms. The maximum atomic E-state index is 10.2. The number of carboxylic acids is 2. The molecule has 1 aromatic heterocycles. The number of carboxylic acid groups (broad SMARTS) is 2. The van der Waals surface area contributed by atoms with Crippen LogP contribution in [0.2, 0.25) is 0 Å². The molecule has 0 N–H and O–H groups in total. The van der Waals surface area contributed by atoms with Crippen LogP contribution in [-0.2, 0) is 0 Å². The molecule has 6 nitrogen and oxygen atoms in total. The molecule has 0 unspecified atom stereocenters. The van der Waals surface area contributed by atoms with E-state index in [0.717, 1.165) is 12.4 Å². The summed E-state index contributed by atoms with van der Waals surface area (Å²) in [6, 6.07) is 0. The summed E-state index contributed by atoms with van der Waals surface area (Å²) in [7, 11) is 0. The first kappa shape index (κ1) is 18.2. The van der Waals surface area contributed by atoms with Gasteiger partial charge in [0.05, 0.1) is 11.9 Å². The predicted molar refractivity (Wildman–Crippen MR) is 30.7 cm³/mol. The molecule has 0 bridgehead atoms. The van der Waals surface area contributed by atoms with Crippen molar-refractivity contribution in [2.45, 2.75) is 0 Å². The van der Waals surface area contributed by atoms with Crippen LogP contribution in [0.4, 0.5) is 0 Å². The minimum absolute atomic E-state index is 0. The Labute approximate surface area is 187 Å². The van der Waals surface area contributed by atoms with Crippen LogP contribution in [0.15, 0.2) is 12.4 Å². The van der Waals surface area contributed by atoms with Gasteiger partial charge in [-0.3, -0.25) is 9.97 Å². The average molecular weight is 384 g/mol. The fraction of sp³-hybridized carbons (Fsp3) is 0. The molecule has 0 amide bonds. The van der Waals surface area contributed by atoms with Crippen LogP contribution < -0.4 is 137 Å². The third kappa shape index (κ3) is 5.28. The smallest absolute Gasteiger partial charge is 0.543 e. The number of aromatic carboxylic acids is 2. The van der Waals surface area contributed by atoms with Crippen LogP contribution in [0.1, 0.15) is 21.0 Å². The molecule has 0 aliphatic rings. The first-order valence-corrected chi connectivity index (χ1v) is 2.86. The molecule has 62 valence electrons. The van der Waals surface area contributed by atoms with Crippen LogP contribution >= 0.6 is 0 Å². The van der Waals surface area contributed by atoms with Crippen molar-refractivity contribution >= 4 is 11.9 Å². The minimum atomic E-state index is -1.69. The molecule has 1 aromatic rings. The molecule has 0 saturated carbocycles. The number of carbonyl (C=O) groups excluding carboxylic acids is 2. The second kappa shape index (κ2) is 8.96. The Morgan fingerprint density at radius 3 is 1.50 bits per heavy atom. The van der Waals surface area contributed by atoms with Crippen LogP contribution in [0.5, 0.6) is 0 Å². The Kier molecular flexibility index (Phi) is 11.7. The minimum Gasteiger partial charge on any atom is -0.543 e. The standard InChI is InChI=1S/C6H4N2O4.Cs.Rb/c9-5(10)3-4(6(11)12)8-2-1-7-3;;/h1-2H,(H,9,10)(H,11,12);;/q;2*+1/p-2. The van der Waals surface area contributed by atoms with Gasteiger partial charge in [0.25, 0.3) is 0 Å². The maximum absolute atomic E-state index is 10.2. The van der Waals surface area contributed by atoms with Crippen molar-refractivity contribution in [2.75, 3.05) is 0 Å². The summed E-state index contributed by atoms with van der Waals surface area (Å²) in [5.74, 6) is -3.38. The number of aromatic nitrogens is 2. The van der Waals surface area contributed by atoms with Gasteiger partial charge in [-0.2, -0.15) is 0 Å². The Balaban J connectivity index is 0. The Morgan fingerprint density at radius 2 is 1.29 bits per heavy atom. The molecule has 0 aliphatic heterocycles. The van der Waals surface area contributed by atoms with E-state index in [9.17, 15) is 19.8 Å². The molecular formula is C6H2CsN2O4Rb. The van der Waals surface area contributed by atoms with E-state index in [-0.39, 0.29) is 127 Å². The summed E-state index contributed by atoms with van der Waals surface area (Å²) in [4.78, 5) is 27.0. The fourth-order valence-corrected chi connectivity index (χ4v) is 0.637. The fourth-order valence-electron chi connectivity index (χ4n) is 0.637. The quantitative estimate of drug-likeness (QED) is 0.501. The number of carbonyl (C=O) groups is 2. The summed E-state index contributed by atoms with van der Waals surface area (Å²) in [6.07, 6.45) is 2.11.